The van der Waals surface area contributed by atoms with Crippen molar-refractivity contribution in [3.63, 3.8) is 0 Å². The molecule has 0 radical (unpaired) electrons. The first-order valence-electron chi connectivity index (χ1n) is 7.97. The number of rotatable bonds is 6. The fourth-order valence-corrected chi connectivity index (χ4v) is 2.50. The molecular weight excluding hydrogens is 323 g/mol. The highest BCUT2D eigenvalue weighted by molar-refractivity contribution is 5.77. The average Bonchev–Trinajstić information content (AvgIpc) is 2.61. The van der Waals surface area contributed by atoms with Gasteiger partial charge in [-0.3, -0.25) is 9.59 Å². The molecule has 1 amide bonds. The van der Waals surface area contributed by atoms with Crippen molar-refractivity contribution in [1.82, 2.24) is 20.3 Å². The van der Waals surface area contributed by atoms with Gasteiger partial charge >= 0.3 is 0 Å². The summed E-state index contributed by atoms with van der Waals surface area (Å²) in [5.41, 5.74) is 1.08. The van der Waals surface area contributed by atoms with Gasteiger partial charge in [0.25, 0.3) is 5.56 Å². The molecule has 25 heavy (non-hydrogen) atoms. The van der Waals surface area contributed by atoms with E-state index in [1.165, 1.54) is 16.8 Å². The lowest BCUT2D eigenvalue weighted by atomic mass is 10.1. The molecule has 0 fully saturated rings. The fourth-order valence-electron chi connectivity index (χ4n) is 2.50. The third-order valence-corrected chi connectivity index (χ3v) is 3.80. The van der Waals surface area contributed by atoms with Gasteiger partial charge in [0, 0.05) is 13.0 Å². The number of halogens is 1. The number of amides is 1. The largest absolute Gasteiger partial charge is 0.356 e. The van der Waals surface area contributed by atoms with Crippen LogP contribution in [0, 0.1) is 5.82 Å². The summed E-state index contributed by atoms with van der Waals surface area (Å²) < 4.78 is 14.3. The van der Waals surface area contributed by atoms with Gasteiger partial charge in [0.2, 0.25) is 5.91 Å². The number of hydrogen-bond donors (Lipinski definition) is 1. The second-order valence-corrected chi connectivity index (χ2v) is 5.61. The molecule has 1 N–H and O–H groups in total. The molecule has 0 bridgehead atoms. The minimum absolute atomic E-state index is 0.121. The highest BCUT2D eigenvalue weighted by Crippen LogP contribution is 2.04. The second-order valence-electron chi connectivity index (χ2n) is 5.61. The van der Waals surface area contributed by atoms with Gasteiger partial charge in [0.05, 0.1) is 11.9 Å². The average molecular weight is 340 g/mol. The first-order valence-corrected chi connectivity index (χ1v) is 7.97. The predicted molar refractivity (Wildman–Crippen MR) is 91.5 cm³/mol. The van der Waals surface area contributed by atoms with Crippen molar-refractivity contribution in [2.45, 2.75) is 19.4 Å². The molecule has 0 aliphatic rings. The lowest BCUT2D eigenvalue weighted by molar-refractivity contribution is -0.121. The Hall–Kier alpha value is -3.09. The van der Waals surface area contributed by atoms with E-state index in [0.717, 1.165) is 5.56 Å². The normalized spacial score (nSPS) is 10.8. The highest BCUT2D eigenvalue weighted by Gasteiger charge is 2.07. The number of fused-ring (bicyclic) bond motifs is 1. The molecule has 1 heterocycles. The molecular formula is C18H17FN4O2. The Morgan fingerprint density at radius 1 is 1.16 bits per heavy atom. The van der Waals surface area contributed by atoms with Crippen molar-refractivity contribution in [1.29, 1.82) is 0 Å². The first-order chi connectivity index (χ1) is 12.1. The van der Waals surface area contributed by atoms with Crippen LogP contribution in [0.15, 0.2) is 53.3 Å². The van der Waals surface area contributed by atoms with Crippen LogP contribution in [0.5, 0.6) is 0 Å². The molecule has 0 unspecified atom stereocenters. The number of carbonyl (C=O) groups excluding carboxylic acids is 1. The number of benzene rings is 2. The van der Waals surface area contributed by atoms with Crippen LogP contribution in [0.3, 0.4) is 0 Å². The molecule has 128 valence electrons. The van der Waals surface area contributed by atoms with Crippen LogP contribution >= 0.6 is 0 Å². The number of nitrogens with zero attached hydrogens (tertiary/aromatic N) is 3. The molecule has 1 aromatic heterocycles. The number of carbonyl (C=O) groups is 1. The van der Waals surface area contributed by atoms with Crippen LogP contribution in [0.25, 0.3) is 10.9 Å². The lowest BCUT2D eigenvalue weighted by Crippen LogP contribution is -2.30. The van der Waals surface area contributed by atoms with Gasteiger partial charge in [-0.05, 0) is 36.2 Å². The van der Waals surface area contributed by atoms with Crippen LogP contribution in [0.1, 0.15) is 12.0 Å². The highest BCUT2D eigenvalue weighted by atomic mass is 19.1. The van der Waals surface area contributed by atoms with Crippen LogP contribution in [0.4, 0.5) is 4.39 Å². The maximum atomic E-state index is 13.1. The predicted octanol–water partition coefficient (Wildman–Crippen LogP) is 1.68. The maximum absolute atomic E-state index is 13.1. The van der Waals surface area contributed by atoms with E-state index in [1.807, 2.05) is 0 Å². The molecule has 0 aliphatic heterocycles. The molecule has 0 aliphatic carbocycles. The summed E-state index contributed by atoms with van der Waals surface area (Å²) in [5.74, 6) is -0.489. The Kier molecular flexibility index (Phi) is 5.13. The van der Waals surface area contributed by atoms with E-state index < -0.39 is 0 Å². The summed E-state index contributed by atoms with van der Waals surface area (Å²) in [6, 6.07) is 13.2. The van der Waals surface area contributed by atoms with Crippen molar-refractivity contribution in [2.24, 2.45) is 0 Å². The molecule has 0 atom stereocenters. The van der Waals surface area contributed by atoms with Gasteiger partial charge in [-0.1, -0.05) is 29.5 Å². The third-order valence-electron chi connectivity index (χ3n) is 3.80. The summed E-state index contributed by atoms with van der Waals surface area (Å²) in [7, 11) is 0. The maximum Gasteiger partial charge on any atom is 0.277 e. The molecule has 2 aromatic carbocycles. The van der Waals surface area contributed by atoms with E-state index in [0.29, 0.717) is 23.9 Å². The summed E-state index contributed by atoms with van der Waals surface area (Å²) in [6.45, 7) is 0.559. The minimum atomic E-state index is -0.293. The molecule has 0 spiro atoms. The third kappa shape index (κ3) is 4.26. The summed E-state index contributed by atoms with van der Waals surface area (Å²) in [5, 5.41) is 11.1. The molecule has 3 rings (SSSR count). The Morgan fingerprint density at radius 3 is 2.84 bits per heavy atom. The van der Waals surface area contributed by atoms with Crippen molar-refractivity contribution < 1.29 is 9.18 Å². The molecule has 7 heteroatoms. The Balaban J connectivity index is 1.52. The molecule has 6 nitrogen and oxygen atoms in total. The number of hydrogen-bond acceptors (Lipinski definition) is 4. The Bertz CT molecular complexity index is 955. The first kappa shape index (κ1) is 16.8. The second kappa shape index (κ2) is 7.65. The van der Waals surface area contributed by atoms with Gasteiger partial charge < -0.3 is 5.32 Å². The quantitative estimate of drug-likeness (QED) is 0.741. The van der Waals surface area contributed by atoms with E-state index in [-0.39, 0.29) is 30.2 Å². The van der Waals surface area contributed by atoms with E-state index in [4.69, 9.17) is 0 Å². The van der Waals surface area contributed by atoms with Crippen molar-refractivity contribution in [3.05, 3.63) is 70.3 Å². The smallest absolute Gasteiger partial charge is 0.277 e. The van der Waals surface area contributed by atoms with Crippen LogP contribution in [0.2, 0.25) is 0 Å². The number of aromatic nitrogens is 3. The minimum Gasteiger partial charge on any atom is -0.356 e. The van der Waals surface area contributed by atoms with Crippen molar-refractivity contribution in [3.8, 4) is 0 Å². The van der Waals surface area contributed by atoms with Crippen LogP contribution < -0.4 is 10.9 Å². The van der Waals surface area contributed by atoms with E-state index in [9.17, 15) is 14.0 Å². The van der Waals surface area contributed by atoms with Gasteiger partial charge in [-0.2, -0.15) is 0 Å². The Labute approximate surface area is 143 Å². The van der Waals surface area contributed by atoms with Crippen molar-refractivity contribution >= 4 is 16.8 Å². The fraction of sp³-hybridized carbons (Fsp3) is 0.222. The summed E-state index contributed by atoms with van der Waals surface area (Å²) in [4.78, 5) is 24.2. The Morgan fingerprint density at radius 2 is 2.00 bits per heavy atom. The van der Waals surface area contributed by atoms with Gasteiger partial charge in [-0.15, -0.1) is 5.10 Å². The van der Waals surface area contributed by atoms with Gasteiger partial charge in [0.1, 0.15) is 11.3 Å². The number of nitrogens with one attached hydrogen (secondary N) is 1. The van der Waals surface area contributed by atoms with Gasteiger partial charge in [0.15, 0.2) is 0 Å². The summed E-state index contributed by atoms with van der Waals surface area (Å²) >= 11 is 0. The van der Waals surface area contributed by atoms with Crippen LogP contribution in [-0.2, 0) is 17.8 Å². The van der Waals surface area contributed by atoms with Gasteiger partial charge in [-0.25, -0.2) is 9.07 Å². The van der Waals surface area contributed by atoms with Crippen LogP contribution in [-0.4, -0.2) is 27.4 Å². The summed E-state index contributed by atoms with van der Waals surface area (Å²) in [6.07, 6.45) is 0.662. The SMILES string of the molecule is O=C(CCn1nnc2ccccc2c1=O)NCCc1cccc(F)c1. The monoisotopic (exact) mass is 340 g/mol. The zero-order valence-corrected chi connectivity index (χ0v) is 13.5. The molecule has 0 saturated carbocycles. The van der Waals surface area contributed by atoms with E-state index >= 15 is 0 Å². The molecule has 0 saturated heterocycles. The number of aryl methyl sites for hydroxylation is 1. The van der Waals surface area contributed by atoms with E-state index in [2.05, 4.69) is 15.6 Å². The molecule has 3 aromatic rings. The van der Waals surface area contributed by atoms with E-state index in [1.54, 1.807) is 36.4 Å². The lowest BCUT2D eigenvalue weighted by Gasteiger charge is -2.07. The standard InChI is InChI=1S/C18H17FN4O2/c19-14-5-3-4-13(12-14)8-10-20-17(24)9-11-23-18(25)15-6-1-2-7-16(15)21-22-23/h1-7,12H,8-11H2,(H,20,24). The zero-order valence-electron chi connectivity index (χ0n) is 13.5. The van der Waals surface area contributed by atoms with Crippen molar-refractivity contribution in [2.75, 3.05) is 6.54 Å². The topological polar surface area (TPSA) is 76.9 Å². The zero-order chi connectivity index (χ0) is 17.6.